The molecule has 6 heteroatoms. The zero-order valence-corrected chi connectivity index (χ0v) is 12.0. The molecule has 0 radical (unpaired) electrons. The first kappa shape index (κ1) is 16.1. The van der Waals surface area contributed by atoms with E-state index in [4.69, 9.17) is 16.3 Å². The molecule has 19 heavy (non-hydrogen) atoms. The Balaban J connectivity index is 2.72. The van der Waals surface area contributed by atoms with Gasteiger partial charge in [0.2, 0.25) is 0 Å². The fourth-order valence-electron chi connectivity index (χ4n) is 1.94. The highest BCUT2D eigenvalue weighted by atomic mass is 35.5. The third kappa shape index (κ3) is 4.28. The summed E-state index contributed by atoms with van der Waals surface area (Å²) in [6.07, 6.45) is -2.46. The summed E-state index contributed by atoms with van der Waals surface area (Å²) in [7, 11) is 0. The average Bonchev–Trinajstić information content (AvgIpc) is 2.60. The molecule has 1 aromatic heterocycles. The van der Waals surface area contributed by atoms with Gasteiger partial charge in [0.1, 0.15) is 6.61 Å². The van der Waals surface area contributed by atoms with Crippen molar-refractivity contribution in [2.75, 3.05) is 13.2 Å². The number of Topliss-reactive ketones (excluding diaryl/α,β-unsaturated/α-hetero) is 1. The number of nitrogens with zero attached hydrogens (tertiary/aromatic N) is 1. The molecule has 108 valence electrons. The minimum absolute atomic E-state index is 0.130. The fraction of sp³-hybridized carbons (Fsp3) is 0.615. The van der Waals surface area contributed by atoms with Crippen LogP contribution >= 0.6 is 11.6 Å². The lowest BCUT2D eigenvalue weighted by Crippen LogP contribution is -2.14. The Morgan fingerprint density at radius 3 is 2.63 bits per heavy atom. The average molecular weight is 294 g/mol. The molecule has 0 amide bonds. The first-order chi connectivity index (χ1) is 8.84. The van der Waals surface area contributed by atoms with Gasteiger partial charge in [-0.2, -0.15) is 0 Å². The minimum Gasteiger partial charge on any atom is -0.374 e. The molecule has 0 aliphatic heterocycles. The number of halogens is 3. The monoisotopic (exact) mass is 293 g/mol. The molecule has 0 N–H and O–H groups in total. The quantitative estimate of drug-likeness (QED) is 0.439. The first-order valence-corrected chi connectivity index (χ1v) is 6.49. The van der Waals surface area contributed by atoms with Crippen molar-refractivity contribution in [2.24, 2.45) is 0 Å². The second kappa shape index (κ2) is 7.01. The molecular weight excluding hydrogens is 276 g/mol. The van der Waals surface area contributed by atoms with E-state index in [-0.39, 0.29) is 12.4 Å². The predicted octanol–water partition coefficient (Wildman–Crippen LogP) is 3.20. The lowest BCUT2D eigenvalue weighted by Gasteiger charge is -2.10. The molecule has 0 aromatic carbocycles. The van der Waals surface area contributed by atoms with E-state index in [1.807, 2.05) is 18.4 Å². The van der Waals surface area contributed by atoms with Crippen LogP contribution in [0.3, 0.4) is 0 Å². The van der Waals surface area contributed by atoms with Crippen LogP contribution in [-0.2, 0) is 11.3 Å². The SMILES string of the molecule is Cc1cc(C(=O)C(C)Cl)c(C)n1CCOCC(F)F. The second-order valence-corrected chi connectivity index (χ2v) is 5.04. The van der Waals surface area contributed by atoms with Crippen molar-refractivity contribution in [3.63, 3.8) is 0 Å². The summed E-state index contributed by atoms with van der Waals surface area (Å²) in [5.41, 5.74) is 2.25. The highest BCUT2D eigenvalue weighted by Gasteiger charge is 2.19. The number of hydrogen-bond acceptors (Lipinski definition) is 2. The third-order valence-corrected chi connectivity index (χ3v) is 3.10. The Morgan fingerprint density at radius 1 is 1.47 bits per heavy atom. The van der Waals surface area contributed by atoms with Crippen LogP contribution in [0.2, 0.25) is 0 Å². The van der Waals surface area contributed by atoms with Crippen LogP contribution in [-0.4, -0.2) is 35.4 Å². The number of carbonyl (C=O) groups excluding carboxylic acids is 1. The number of rotatable bonds is 7. The van der Waals surface area contributed by atoms with Gasteiger partial charge >= 0.3 is 0 Å². The van der Waals surface area contributed by atoms with Crippen molar-refractivity contribution in [1.29, 1.82) is 0 Å². The molecule has 0 bridgehead atoms. The zero-order chi connectivity index (χ0) is 14.6. The maximum absolute atomic E-state index is 11.9. The van der Waals surface area contributed by atoms with Crippen LogP contribution in [0.15, 0.2) is 6.07 Å². The van der Waals surface area contributed by atoms with Gasteiger partial charge in [0.15, 0.2) is 5.78 Å². The van der Waals surface area contributed by atoms with Gasteiger partial charge in [-0.3, -0.25) is 4.79 Å². The van der Waals surface area contributed by atoms with Gasteiger partial charge in [0.05, 0.1) is 12.0 Å². The largest absolute Gasteiger partial charge is 0.374 e. The van der Waals surface area contributed by atoms with Gasteiger partial charge in [-0.15, -0.1) is 11.6 Å². The van der Waals surface area contributed by atoms with Crippen LogP contribution in [0.1, 0.15) is 28.7 Å². The molecule has 1 atom stereocenters. The highest BCUT2D eigenvalue weighted by Crippen LogP contribution is 2.18. The summed E-state index contributed by atoms with van der Waals surface area (Å²) in [5.74, 6) is -0.130. The van der Waals surface area contributed by atoms with E-state index in [1.54, 1.807) is 13.0 Å². The van der Waals surface area contributed by atoms with Crippen molar-refractivity contribution in [2.45, 2.75) is 39.1 Å². The third-order valence-electron chi connectivity index (χ3n) is 2.90. The first-order valence-electron chi connectivity index (χ1n) is 6.05. The van der Waals surface area contributed by atoms with Crippen molar-refractivity contribution in [3.8, 4) is 0 Å². The summed E-state index contributed by atoms with van der Waals surface area (Å²) in [6.45, 7) is 5.35. The lowest BCUT2D eigenvalue weighted by atomic mass is 10.1. The molecule has 1 rings (SSSR count). The Morgan fingerprint density at radius 2 is 2.11 bits per heavy atom. The second-order valence-electron chi connectivity index (χ2n) is 4.38. The molecule has 3 nitrogen and oxygen atoms in total. The molecule has 0 saturated heterocycles. The Kier molecular flexibility index (Phi) is 5.94. The Hall–Kier alpha value is -0.940. The van der Waals surface area contributed by atoms with Crippen LogP contribution in [0.5, 0.6) is 0 Å². The van der Waals surface area contributed by atoms with E-state index in [9.17, 15) is 13.6 Å². The molecule has 0 aliphatic rings. The highest BCUT2D eigenvalue weighted by molar-refractivity contribution is 6.33. The molecule has 1 heterocycles. The van der Waals surface area contributed by atoms with E-state index in [2.05, 4.69) is 0 Å². The number of ether oxygens (including phenoxy) is 1. The van der Waals surface area contributed by atoms with Crippen LogP contribution in [0, 0.1) is 13.8 Å². The van der Waals surface area contributed by atoms with Crippen molar-refractivity contribution < 1.29 is 18.3 Å². The normalized spacial score (nSPS) is 13.0. The smallest absolute Gasteiger partial charge is 0.261 e. The number of ketones is 1. The number of carbonyl (C=O) groups is 1. The van der Waals surface area contributed by atoms with Gasteiger partial charge in [-0.25, -0.2) is 8.78 Å². The summed E-state index contributed by atoms with van der Waals surface area (Å²) < 4.78 is 30.6. The van der Waals surface area contributed by atoms with Gasteiger partial charge in [0.25, 0.3) is 6.43 Å². The van der Waals surface area contributed by atoms with Crippen LogP contribution in [0.25, 0.3) is 0 Å². The maximum atomic E-state index is 11.9. The van der Waals surface area contributed by atoms with Gasteiger partial charge in [0, 0.05) is 23.5 Å². The standard InChI is InChI=1S/C13H18ClF2NO2/c1-8-6-11(13(18)9(2)14)10(3)17(8)4-5-19-7-12(15)16/h6,9,12H,4-5,7H2,1-3H3. The summed E-state index contributed by atoms with van der Waals surface area (Å²) in [4.78, 5) is 11.9. The minimum atomic E-state index is -2.46. The van der Waals surface area contributed by atoms with Gasteiger partial charge in [-0.1, -0.05) is 0 Å². The zero-order valence-electron chi connectivity index (χ0n) is 11.3. The topological polar surface area (TPSA) is 31.2 Å². The van der Waals surface area contributed by atoms with E-state index in [1.165, 1.54) is 0 Å². The number of alkyl halides is 3. The number of aryl methyl sites for hydroxylation is 1. The molecular formula is C13H18ClF2NO2. The van der Waals surface area contributed by atoms with Crippen molar-refractivity contribution in [1.82, 2.24) is 4.57 Å². The van der Waals surface area contributed by atoms with Crippen LogP contribution < -0.4 is 0 Å². The summed E-state index contributed by atoms with van der Waals surface area (Å²) >= 11 is 5.79. The van der Waals surface area contributed by atoms with Crippen molar-refractivity contribution >= 4 is 17.4 Å². The summed E-state index contributed by atoms with van der Waals surface area (Å²) in [5, 5.41) is -0.580. The van der Waals surface area contributed by atoms with E-state index < -0.39 is 18.4 Å². The van der Waals surface area contributed by atoms with Gasteiger partial charge in [-0.05, 0) is 26.8 Å². The summed E-state index contributed by atoms with van der Waals surface area (Å²) in [6, 6.07) is 1.77. The van der Waals surface area contributed by atoms with E-state index in [0.717, 1.165) is 11.4 Å². The predicted molar refractivity (Wildman–Crippen MR) is 70.4 cm³/mol. The number of hydrogen-bond donors (Lipinski definition) is 0. The molecule has 1 unspecified atom stereocenters. The molecule has 0 spiro atoms. The lowest BCUT2D eigenvalue weighted by molar-refractivity contribution is 0.0146. The Labute approximate surface area is 116 Å². The maximum Gasteiger partial charge on any atom is 0.261 e. The molecule has 0 aliphatic carbocycles. The van der Waals surface area contributed by atoms with Crippen molar-refractivity contribution in [3.05, 3.63) is 23.0 Å². The van der Waals surface area contributed by atoms with E-state index >= 15 is 0 Å². The molecule has 1 aromatic rings. The van der Waals surface area contributed by atoms with E-state index in [0.29, 0.717) is 12.1 Å². The Bertz CT molecular complexity index is 444. The molecule has 0 saturated carbocycles. The fourth-order valence-corrected chi connectivity index (χ4v) is 2.05. The van der Waals surface area contributed by atoms with Gasteiger partial charge < -0.3 is 9.30 Å². The van der Waals surface area contributed by atoms with Crippen LogP contribution in [0.4, 0.5) is 8.78 Å². The molecule has 0 fully saturated rings. The number of aromatic nitrogens is 1.